The first kappa shape index (κ1) is 12.8. The highest BCUT2D eigenvalue weighted by atomic mass is 16.5. The van der Waals surface area contributed by atoms with E-state index in [4.69, 9.17) is 4.52 Å². The second-order valence-electron chi connectivity index (χ2n) is 4.71. The van der Waals surface area contributed by atoms with Crippen LogP contribution in [0.2, 0.25) is 0 Å². The number of hydrogen-bond donors (Lipinski definition) is 1. The second kappa shape index (κ2) is 6.36. The van der Waals surface area contributed by atoms with Gasteiger partial charge in [-0.15, -0.1) is 0 Å². The maximum atomic E-state index is 5.14. The highest BCUT2D eigenvalue weighted by molar-refractivity contribution is 5.18. The predicted octanol–water partition coefficient (Wildman–Crippen LogP) is 3.27. The molecule has 1 aromatic heterocycles. The fourth-order valence-corrected chi connectivity index (χ4v) is 1.98. The van der Waals surface area contributed by atoms with Crippen molar-refractivity contribution >= 4 is 0 Å². The summed E-state index contributed by atoms with van der Waals surface area (Å²) in [5.41, 5.74) is 2.33. The SMILES string of the molecule is Cc1cc(CNCCC(C)c2ccccc2)on1. The Morgan fingerprint density at radius 3 is 2.72 bits per heavy atom. The van der Waals surface area contributed by atoms with Crippen LogP contribution in [0.15, 0.2) is 40.9 Å². The van der Waals surface area contributed by atoms with Gasteiger partial charge < -0.3 is 9.84 Å². The standard InChI is InChI=1S/C15H20N2O/c1-12(14-6-4-3-5-7-14)8-9-16-11-15-10-13(2)17-18-15/h3-7,10,12,16H,8-9,11H2,1-2H3. The van der Waals surface area contributed by atoms with Crippen molar-refractivity contribution in [3.8, 4) is 0 Å². The van der Waals surface area contributed by atoms with E-state index in [2.05, 4.69) is 47.7 Å². The van der Waals surface area contributed by atoms with Crippen LogP contribution in [-0.4, -0.2) is 11.7 Å². The van der Waals surface area contributed by atoms with Crippen LogP contribution in [0.3, 0.4) is 0 Å². The van der Waals surface area contributed by atoms with Crippen molar-refractivity contribution in [2.45, 2.75) is 32.7 Å². The molecule has 3 nitrogen and oxygen atoms in total. The van der Waals surface area contributed by atoms with E-state index in [0.29, 0.717) is 5.92 Å². The fourth-order valence-electron chi connectivity index (χ4n) is 1.98. The summed E-state index contributed by atoms with van der Waals surface area (Å²) in [6, 6.07) is 12.6. The lowest BCUT2D eigenvalue weighted by atomic mass is 9.98. The predicted molar refractivity (Wildman–Crippen MR) is 72.4 cm³/mol. The summed E-state index contributed by atoms with van der Waals surface area (Å²) in [4.78, 5) is 0. The lowest BCUT2D eigenvalue weighted by Gasteiger charge is -2.11. The molecule has 0 radical (unpaired) electrons. The zero-order chi connectivity index (χ0) is 12.8. The van der Waals surface area contributed by atoms with Crippen LogP contribution in [-0.2, 0) is 6.54 Å². The van der Waals surface area contributed by atoms with E-state index in [0.717, 1.165) is 31.0 Å². The molecule has 0 aliphatic carbocycles. The Kier molecular flexibility index (Phi) is 4.53. The maximum absolute atomic E-state index is 5.14. The van der Waals surface area contributed by atoms with Gasteiger partial charge in [-0.05, 0) is 31.4 Å². The Morgan fingerprint density at radius 1 is 1.28 bits per heavy atom. The summed E-state index contributed by atoms with van der Waals surface area (Å²) in [6.45, 7) is 5.93. The highest BCUT2D eigenvalue weighted by Gasteiger charge is 2.05. The van der Waals surface area contributed by atoms with Crippen LogP contribution < -0.4 is 5.32 Å². The quantitative estimate of drug-likeness (QED) is 0.792. The van der Waals surface area contributed by atoms with E-state index < -0.39 is 0 Å². The molecule has 1 unspecified atom stereocenters. The molecule has 2 rings (SSSR count). The highest BCUT2D eigenvalue weighted by Crippen LogP contribution is 2.17. The van der Waals surface area contributed by atoms with E-state index in [1.54, 1.807) is 0 Å². The number of benzene rings is 1. The Morgan fingerprint density at radius 2 is 2.06 bits per heavy atom. The molecule has 96 valence electrons. The summed E-state index contributed by atoms with van der Waals surface area (Å²) in [5.74, 6) is 1.48. The van der Waals surface area contributed by atoms with Crippen LogP contribution in [0, 0.1) is 6.92 Å². The zero-order valence-electron chi connectivity index (χ0n) is 11.0. The van der Waals surface area contributed by atoms with Crippen LogP contribution in [0.1, 0.15) is 36.3 Å². The summed E-state index contributed by atoms with van der Waals surface area (Å²) in [6.07, 6.45) is 1.12. The van der Waals surface area contributed by atoms with Crippen molar-refractivity contribution in [1.82, 2.24) is 10.5 Å². The molecular weight excluding hydrogens is 224 g/mol. The average molecular weight is 244 g/mol. The van der Waals surface area contributed by atoms with Gasteiger partial charge in [0.1, 0.15) is 0 Å². The summed E-state index contributed by atoms with van der Waals surface area (Å²) < 4.78 is 5.14. The molecule has 0 saturated carbocycles. The molecular formula is C15H20N2O. The molecule has 1 N–H and O–H groups in total. The average Bonchev–Trinajstić information content (AvgIpc) is 2.81. The normalized spacial score (nSPS) is 12.6. The molecule has 0 aliphatic heterocycles. The third-order valence-corrected chi connectivity index (χ3v) is 3.10. The molecule has 2 aromatic rings. The Balaban J connectivity index is 1.69. The smallest absolute Gasteiger partial charge is 0.150 e. The minimum absolute atomic E-state index is 0.579. The second-order valence-corrected chi connectivity index (χ2v) is 4.71. The number of nitrogens with zero attached hydrogens (tertiary/aromatic N) is 1. The van der Waals surface area contributed by atoms with E-state index in [9.17, 15) is 0 Å². The molecule has 0 saturated heterocycles. The van der Waals surface area contributed by atoms with Crippen molar-refractivity contribution in [3.05, 3.63) is 53.4 Å². The van der Waals surface area contributed by atoms with Gasteiger partial charge in [-0.2, -0.15) is 0 Å². The number of aromatic nitrogens is 1. The number of aryl methyl sites for hydroxylation is 1. The lowest BCUT2D eigenvalue weighted by Crippen LogP contribution is -2.16. The summed E-state index contributed by atoms with van der Waals surface area (Å²) in [7, 11) is 0. The molecule has 18 heavy (non-hydrogen) atoms. The number of hydrogen-bond acceptors (Lipinski definition) is 3. The molecule has 1 aromatic carbocycles. The topological polar surface area (TPSA) is 38.1 Å². The first-order valence-electron chi connectivity index (χ1n) is 6.43. The van der Waals surface area contributed by atoms with Crippen molar-refractivity contribution < 1.29 is 4.52 Å². The van der Waals surface area contributed by atoms with Gasteiger partial charge in [0.15, 0.2) is 5.76 Å². The van der Waals surface area contributed by atoms with Gasteiger partial charge >= 0.3 is 0 Å². The van der Waals surface area contributed by atoms with E-state index in [1.807, 2.05) is 13.0 Å². The van der Waals surface area contributed by atoms with Crippen LogP contribution >= 0.6 is 0 Å². The van der Waals surface area contributed by atoms with Gasteiger partial charge in [-0.3, -0.25) is 0 Å². The zero-order valence-corrected chi connectivity index (χ0v) is 11.0. The van der Waals surface area contributed by atoms with Gasteiger partial charge in [0, 0.05) is 6.07 Å². The lowest BCUT2D eigenvalue weighted by molar-refractivity contribution is 0.368. The van der Waals surface area contributed by atoms with Crippen molar-refractivity contribution in [2.75, 3.05) is 6.54 Å². The number of rotatable bonds is 6. The molecule has 1 heterocycles. The Labute approximate surface area is 108 Å². The fraction of sp³-hybridized carbons (Fsp3) is 0.400. The monoisotopic (exact) mass is 244 g/mol. The largest absolute Gasteiger partial charge is 0.360 e. The molecule has 0 spiro atoms. The summed E-state index contributed by atoms with van der Waals surface area (Å²) in [5, 5.41) is 7.24. The minimum Gasteiger partial charge on any atom is -0.360 e. The van der Waals surface area contributed by atoms with E-state index >= 15 is 0 Å². The molecule has 0 bridgehead atoms. The molecule has 0 aliphatic rings. The van der Waals surface area contributed by atoms with Crippen LogP contribution in [0.25, 0.3) is 0 Å². The van der Waals surface area contributed by atoms with Gasteiger partial charge in [-0.25, -0.2) is 0 Å². The Hall–Kier alpha value is -1.61. The molecule has 1 atom stereocenters. The minimum atomic E-state index is 0.579. The molecule has 0 fully saturated rings. The van der Waals surface area contributed by atoms with Crippen molar-refractivity contribution in [2.24, 2.45) is 0 Å². The van der Waals surface area contributed by atoms with E-state index in [1.165, 1.54) is 5.56 Å². The molecule has 3 heteroatoms. The number of nitrogens with one attached hydrogen (secondary N) is 1. The van der Waals surface area contributed by atoms with Gasteiger partial charge in [0.25, 0.3) is 0 Å². The molecule has 0 amide bonds. The van der Waals surface area contributed by atoms with Gasteiger partial charge in [0.05, 0.1) is 12.2 Å². The first-order chi connectivity index (χ1) is 8.75. The van der Waals surface area contributed by atoms with Gasteiger partial charge in [0.2, 0.25) is 0 Å². The van der Waals surface area contributed by atoms with Crippen molar-refractivity contribution in [1.29, 1.82) is 0 Å². The first-order valence-corrected chi connectivity index (χ1v) is 6.43. The van der Waals surface area contributed by atoms with Crippen LogP contribution in [0.5, 0.6) is 0 Å². The summed E-state index contributed by atoms with van der Waals surface area (Å²) >= 11 is 0. The van der Waals surface area contributed by atoms with Crippen LogP contribution in [0.4, 0.5) is 0 Å². The maximum Gasteiger partial charge on any atom is 0.150 e. The van der Waals surface area contributed by atoms with Gasteiger partial charge in [-0.1, -0.05) is 42.4 Å². The third-order valence-electron chi connectivity index (χ3n) is 3.10. The van der Waals surface area contributed by atoms with E-state index in [-0.39, 0.29) is 0 Å². The third kappa shape index (κ3) is 3.70. The Bertz CT molecular complexity index is 464. The van der Waals surface area contributed by atoms with Crippen molar-refractivity contribution in [3.63, 3.8) is 0 Å².